The van der Waals surface area contributed by atoms with Crippen LogP contribution in [0.1, 0.15) is 30.2 Å². The standard InChI is InChI=1S/C21H19BrN6O/c1-12(2)28-11-17(16-3-5-24-10-19(16)28)18-4-6-25-21(27-18)26-15-8-13(20(23)29)7-14(22)9-15/h3-12H,1-2H3,(H2,23,29)(H,25,26,27). The Kier molecular flexibility index (Phi) is 5.02. The van der Waals surface area contributed by atoms with Crippen molar-refractivity contribution in [2.45, 2.75) is 19.9 Å². The van der Waals surface area contributed by atoms with Crippen LogP contribution in [0.15, 0.2) is 59.6 Å². The van der Waals surface area contributed by atoms with Gasteiger partial charge in [-0.05, 0) is 44.2 Å². The minimum absolute atomic E-state index is 0.295. The Morgan fingerprint density at radius 3 is 2.79 bits per heavy atom. The lowest BCUT2D eigenvalue weighted by atomic mass is 10.1. The van der Waals surface area contributed by atoms with Gasteiger partial charge in [0, 0.05) is 51.3 Å². The number of hydrogen-bond donors (Lipinski definition) is 2. The molecule has 29 heavy (non-hydrogen) atoms. The molecule has 7 nitrogen and oxygen atoms in total. The number of rotatable bonds is 5. The Bertz CT molecular complexity index is 1220. The van der Waals surface area contributed by atoms with Gasteiger partial charge in [0.2, 0.25) is 11.9 Å². The molecule has 4 aromatic rings. The van der Waals surface area contributed by atoms with E-state index in [9.17, 15) is 4.79 Å². The van der Waals surface area contributed by atoms with Crippen molar-refractivity contribution < 1.29 is 4.79 Å². The average molecular weight is 451 g/mol. The first-order valence-corrected chi connectivity index (χ1v) is 9.87. The second-order valence-electron chi connectivity index (χ2n) is 6.92. The van der Waals surface area contributed by atoms with Crippen molar-refractivity contribution in [1.82, 2.24) is 19.5 Å². The highest BCUT2D eigenvalue weighted by atomic mass is 79.9. The molecule has 0 aliphatic carbocycles. The van der Waals surface area contributed by atoms with Crippen LogP contribution in [0, 0.1) is 0 Å². The van der Waals surface area contributed by atoms with E-state index >= 15 is 0 Å². The van der Waals surface area contributed by atoms with Crippen molar-refractivity contribution in [2.24, 2.45) is 5.73 Å². The summed E-state index contributed by atoms with van der Waals surface area (Å²) in [5.74, 6) is -0.0744. The molecular weight excluding hydrogens is 432 g/mol. The molecule has 0 saturated heterocycles. The summed E-state index contributed by atoms with van der Waals surface area (Å²) >= 11 is 3.39. The predicted molar refractivity (Wildman–Crippen MR) is 117 cm³/mol. The lowest BCUT2D eigenvalue weighted by Crippen LogP contribution is -2.11. The number of halogens is 1. The van der Waals surface area contributed by atoms with Crippen LogP contribution < -0.4 is 11.1 Å². The van der Waals surface area contributed by atoms with E-state index in [1.165, 1.54) is 0 Å². The number of carbonyl (C=O) groups is 1. The number of nitrogens with one attached hydrogen (secondary N) is 1. The molecule has 0 unspecified atom stereocenters. The van der Waals surface area contributed by atoms with Crippen LogP contribution in [-0.2, 0) is 0 Å². The summed E-state index contributed by atoms with van der Waals surface area (Å²) in [6, 6.07) is 9.33. The fourth-order valence-electron chi connectivity index (χ4n) is 3.23. The molecule has 0 spiro atoms. The number of pyridine rings is 1. The molecule has 0 radical (unpaired) electrons. The second-order valence-corrected chi connectivity index (χ2v) is 7.84. The van der Waals surface area contributed by atoms with Crippen LogP contribution >= 0.6 is 15.9 Å². The quantitative estimate of drug-likeness (QED) is 0.459. The maximum Gasteiger partial charge on any atom is 0.248 e. The van der Waals surface area contributed by atoms with Crippen molar-refractivity contribution in [2.75, 3.05) is 5.32 Å². The summed E-state index contributed by atoms with van der Waals surface area (Å²) in [6.07, 6.45) is 7.44. The number of benzene rings is 1. The Morgan fingerprint density at radius 1 is 1.21 bits per heavy atom. The van der Waals surface area contributed by atoms with Crippen LogP contribution in [0.5, 0.6) is 0 Å². The molecule has 3 aromatic heterocycles. The smallest absolute Gasteiger partial charge is 0.248 e. The fraction of sp³-hybridized carbons (Fsp3) is 0.143. The number of fused-ring (bicyclic) bond motifs is 1. The van der Waals surface area contributed by atoms with Crippen molar-refractivity contribution >= 4 is 44.4 Å². The zero-order chi connectivity index (χ0) is 20.5. The molecule has 146 valence electrons. The lowest BCUT2D eigenvalue weighted by molar-refractivity contribution is 0.1000. The largest absolute Gasteiger partial charge is 0.366 e. The first-order valence-electron chi connectivity index (χ1n) is 9.08. The lowest BCUT2D eigenvalue weighted by Gasteiger charge is -2.08. The van der Waals surface area contributed by atoms with E-state index in [4.69, 9.17) is 5.73 Å². The van der Waals surface area contributed by atoms with Crippen LogP contribution in [0.2, 0.25) is 0 Å². The van der Waals surface area contributed by atoms with E-state index in [1.54, 1.807) is 24.5 Å². The van der Waals surface area contributed by atoms with E-state index in [2.05, 4.69) is 60.8 Å². The number of nitrogens with two attached hydrogens (primary N) is 1. The van der Waals surface area contributed by atoms with Gasteiger partial charge >= 0.3 is 0 Å². The average Bonchev–Trinajstić information content (AvgIpc) is 3.08. The Hall–Kier alpha value is -3.26. The second kappa shape index (κ2) is 7.63. The van der Waals surface area contributed by atoms with Gasteiger partial charge in [-0.25, -0.2) is 9.97 Å². The molecule has 0 fully saturated rings. The topological polar surface area (TPSA) is 98.7 Å². The fourth-order valence-corrected chi connectivity index (χ4v) is 3.72. The normalized spacial score (nSPS) is 11.2. The van der Waals surface area contributed by atoms with E-state index in [0.717, 1.165) is 26.6 Å². The number of aromatic nitrogens is 4. The molecular formula is C21H19BrN6O. The molecule has 4 rings (SSSR count). The summed E-state index contributed by atoms with van der Waals surface area (Å²) < 4.78 is 2.92. The maximum absolute atomic E-state index is 11.5. The van der Waals surface area contributed by atoms with Gasteiger partial charge < -0.3 is 15.6 Å². The Labute approximate surface area is 176 Å². The summed E-state index contributed by atoms with van der Waals surface area (Å²) in [6.45, 7) is 4.26. The highest BCUT2D eigenvalue weighted by molar-refractivity contribution is 9.10. The van der Waals surface area contributed by atoms with Crippen molar-refractivity contribution in [3.63, 3.8) is 0 Å². The molecule has 3 N–H and O–H groups in total. The molecule has 3 heterocycles. The highest BCUT2D eigenvalue weighted by Gasteiger charge is 2.14. The number of anilines is 2. The molecule has 1 amide bonds. The highest BCUT2D eigenvalue weighted by Crippen LogP contribution is 2.31. The molecule has 0 aliphatic rings. The monoisotopic (exact) mass is 450 g/mol. The minimum atomic E-state index is -0.501. The van der Waals surface area contributed by atoms with Gasteiger partial charge in [0.25, 0.3) is 0 Å². The van der Waals surface area contributed by atoms with Gasteiger partial charge in [-0.15, -0.1) is 0 Å². The summed E-state index contributed by atoms with van der Waals surface area (Å²) in [4.78, 5) is 24.8. The van der Waals surface area contributed by atoms with Gasteiger partial charge in [-0.1, -0.05) is 15.9 Å². The van der Waals surface area contributed by atoms with E-state index in [-0.39, 0.29) is 0 Å². The zero-order valence-electron chi connectivity index (χ0n) is 15.9. The molecule has 0 saturated carbocycles. The third-order valence-electron chi connectivity index (χ3n) is 4.56. The maximum atomic E-state index is 11.5. The molecule has 0 aliphatic heterocycles. The van der Waals surface area contributed by atoms with Crippen LogP contribution in [0.4, 0.5) is 11.6 Å². The molecule has 1 aromatic carbocycles. The third kappa shape index (κ3) is 3.84. The Balaban J connectivity index is 1.74. The van der Waals surface area contributed by atoms with Crippen molar-refractivity contribution in [1.29, 1.82) is 0 Å². The Morgan fingerprint density at radius 2 is 2.03 bits per heavy atom. The van der Waals surface area contributed by atoms with Crippen molar-refractivity contribution in [3.05, 3.63) is 65.2 Å². The molecule has 8 heteroatoms. The zero-order valence-corrected chi connectivity index (χ0v) is 17.5. The van der Waals surface area contributed by atoms with Gasteiger partial charge in [-0.3, -0.25) is 9.78 Å². The number of primary amides is 1. The first kappa shape index (κ1) is 19.1. The minimum Gasteiger partial charge on any atom is -0.366 e. The van der Waals surface area contributed by atoms with Gasteiger partial charge in [0.05, 0.1) is 17.4 Å². The van der Waals surface area contributed by atoms with E-state index in [1.807, 2.05) is 24.4 Å². The number of amides is 1. The van der Waals surface area contributed by atoms with Gasteiger partial charge in [0.1, 0.15) is 0 Å². The van der Waals surface area contributed by atoms with Gasteiger partial charge in [0.15, 0.2) is 0 Å². The van der Waals surface area contributed by atoms with Crippen LogP contribution in [0.3, 0.4) is 0 Å². The third-order valence-corrected chi connectivity index (χ3v) is 5.02. The first-order chi connectivity index (χ1) is 13.9. The van der Waals surface area contributed by atoms with E-state index < -0.39 is 5.91 Å². The molecule has 0 atom stereocenters. The van der Waals surface area contributed by atoms with Crippen molar-refractivity contribution in [3.8, 4) is 11.3 Å². The van der Waals surface area contributed by atoms with Crippen LogP contribution in [-0.4, -0.2) is 25.4 Å². The van der Waals surface area contributed by atoms with E-state index in [0.29, 0.717) is 23.2 Å². The molecule has 0 bridgehead atoms. The summed E-state index contributed by atoms with van der Waals surface area (Å²) in [7, 11) is 0. The number of nitrogens with zero attached hydrogens (tertiary/aromatic N) is 4. The number of hydrogen-bond acceptors (Lipinski definition) is 5. The SMILES string of the molecule is CC(C)n1cc(-c2ccnc(Nc3cc(Br)cc(C(N)=O)c3)n2)c2ccncc21. The van der Waals surface area contributed by atoms with Crippen LogP contribution in [0.25, 0.3) is 22.2 Å². The summed E-state index contributed by atoms with van der Waals surface area (Å²) in [5, 5.41) is 4.23. The summed E-state index contributed by atoms with van der Waals surface area (Å²) in [5.41, 5.74) is 9.32. The number of carbonyl (C=O) groups excluding carboxylic acids is 1. The van der Waals surface area contributed by atoms with Gasteiger partial charge in [-0.2, -0.15) is 0 Å². The predicted octanol–water partition coefficient (Wildman–Crippen LogP) is 4.68.